The molecule has 0 radical (unpaired) electrons. The summed E-state index contributed by atoms with van der Waals surface area (Å²) in [5.41, 5.74) is 1.33. The number of hydrogen-bond acceptors (Lipinski definition) is 3. The highest BCUT2D eigenvalue weighted by molar-refractivity contribution is 5.11. The molecule has 1 rings (SSSR count). The molecular weight excluding hydrogens is 200 g/mol. The molecule has 16 heavy (non-hydrogen) atoms. The first-order chi connectivity index (χ1) is 7.76. The number of nitrogens with one attached hydrogen (secondary N) is 1. The molecule has 0 aliphatic carbocycles. The minimum atomic E-state index is 0.341. The fourth-order valence-corrected chi connectivity index (χ4v) is 1.71. The molecule has 1 aromatic rings. The summed E-state index contributed by atoms with van der Waals surface area (Å²) in [5.74, 6) is 0. The second-order valence-corrected chi connectivity index (χ2v) is 4.17. The van der Waals surface area contributed by atoms with Gasteiger partial charge in [0.25, 0.3) is 0 Å². The van der Waals surface area contributed by atoms with Crippen molar-refractivity contribution in [2.45, 2.75) is 38.3 Å². The third-order valence-corrected chi connectivity index (χ3v) is 2.96. The van der Waals surface area contributed by atoms with Crippen LogP contribution in [0.1, 0.15) is 25.3 Å². The van der Waals surface area contributed by atoms with E-state index in [0.29, 0.717) is 12.1 Å². The second-order valence-electron chi connectivity index (χ2n) is 4.17. The summed E-state index contributed by atoms with van der Waals surface area (Å²) >= 11 is 0. The largest absolute Gasteiger partial charge is 0.382 e. The van der Waals surface area contributed by atoms with Crippen molar-refractivity contribution >= 4 is 0 Å². The van der Waals surface area contributed by atoms with Gasteiger partial charge in [-0.05, 0) is 50.9 Å². The van der Waals surface area contributed by atoms with Crippen LogP contribution in [-0.2, 0) is 11.2 Å². The molecule has 1 heterocycles. The molecule has 0 amide bonds. The summed E-state index contributed by atoms with van der Waals surface area (Å²) in [6, 6.07) is 4.66. The Morgan fingerprint density at radius 3 is 2.56 bits per heavy atom. The molecule has 0 saturated heterocycles. The number of nitrogens with zero attached hydrogens (tertiary/aromatic N) is 1. The quantitative estimate of drug-likeness (QED) is 0.766. The van der Waals surface area contributed by atoms with Gasteiger partial charge in [-0.15, -0.1) is 0 Å². The fraction of sp³-hybridized carbons (Fsp3) is 0.615. The normalized spacial score (nSPS) is 14.7. The summed E-state index contributed by atoms with van der Waals surface area (Å²) in [4.78, 5) is 4.03. The average Bonchev–Trinajstić information content (AvgIpc) is 2.35. The number of aromatic nitrogens is 1. The van der Waals surface area contributed by atoms with E-state index in [-0.39, 0.29) is 0 Å². The van der Waals surface area contributed by atoms with Crippen molar-refractivity contribution in [2.75, 3.05) is 14.2 Å². The van der Waals surface area contributed by atoms with Gasteiger partial charge in [0.15, 0.2) is 0 Å². The lowest BCUT2D eigenvalue weighted by molar-refractivity contribution is 0.106. The van der Waals surface area contributed by atoms with Crippen molar-refractivity contribution < 1.29 is 4.74 Å². The number of rotatable bonds is 7. The van der Waals surface area contributed by atoms with Crippen LogP contribution in [0.5, 0.6) is 0 Å². The van der Waals surface area contributed by atoms with Gasteiger partial charge in [0.1, 0.15) is 0 Å². The Kier molecular flexibility index (Phi) is 6.04. The molecule has 0 saturated carbocycles. The summed E-state index contributed by atoms with van der Waals surface area (Å²) in [6.45, 7) is 2.11. The zero-order valence-electron chi connectivity index (χ0n) is 10.4. The van der Waals surface area contributed by atoms with Crippen molar-refractivity contribution in [1.82, 2.24) is 10.3 Å². The molecular formula is C13H22N2O. The van der Waals surface area contributed by atoms with E-state index in [4.69, 9.17) is 4.74 Å². The van der Waals surface area contributed by atoms with Crippen molar-refractivity contribution in [3.05, 3.63) is 30.1 Å². The summed E-state index contributed by atoms with van der Waals surface area (Å²) in [6.07, 6.45) is 7.31. The molecule has 0 bridgehead atoms. The summed E-state index contributed by atoms with van der Waals surface area (Å²) < 4.78 is 5.26. The average molecular weight is 222 g/mol. The van der Waals surface area contributed by atoms with Crippen LogP contribution in [0.4, 0.5) is 0 Å². The van der Waals surface area contributed by atoms with E-state index in [1.807, 2.05) is 19.4 Å². The Morgan fingerprint density at radius 1 is 1.31 bits per heavy atom. The van der Waals surface area contributed by atoms with Gasteiger partial charge in [-0.2, -0.15) is 0 Å². The van der Waals surface area contributed by atoms with Crippen LogP contribution in [0, 0.1) is 0 Å². The molecule has 0 fully saturated rings. The van der Waals surface area contributed by atoms with Crippen LogP contribution < -0.4 is 5.32 Å². The van der Waals surface area contributed by atoms with E-state index in [1.54, 1.807) is 7.11 Å². The van der Waals surface area contributed by atoms with Gasteiger partial charge in [0.05, 0.1) is 6.10 Å². The Bertz CT molecular complexity index is 277. The van der Waals surface area contributed by atoms with Crippen LogP contribution in [0.15, 0.2) is 24.5 Å². The van der Waals surface area contributed by atoms with Crippen LogP contribution in [0.25, 0.3) is 0 Å². The lowest BCUT2D eigenvalue weighted by atomic mass is 10.0. The van der Waals surface area contributed by atoms with E-state index in [9.17, 15) is 0 Å². The topological polar surface area (TPSA) is 34.1 Å². The highest BCUT2D eigenvalue weighted by atomic mass is 16.5. The molecule has 0 spiro atoms. The summed E-state index contributed by atoms with van der Waals surface area (Å²) in [5, 5.41) is 3.35. The maximum absolute atomic E-state index is 5.26. The van der Waals surface area contributed by atoms with Crippen molar-refractivity contribution in [1.29, 1.82) is 0 Å². The molecule has 3 nitrogen and oxygen atoms in total. The van der Waals surface area contributed by atoms with Crippen LogP contribution in [0.2, 0.25) is 0 Å². The van der Waals surface area contributed by atoms with Crippen molar-refractivity contribution in [2.24, 2.45) is 0 Å². The monoisotopic (exact) mass is 222 g/mol. The highest BCUT2D eigenvalue weighted by Gasteiger charge is 2.09. The number of pyridine rings is 1. The number of ether oxygens (including phenoxy) is 1. The molecule has 0 aromatic carbocycles. The SMILES string of the molecule is CNC(CCC(C)OC)Cc1ccncc1. The standard InChI is InChI=1S/C13H22N2O/c1-11(16-3)4-5-13(14-2)10-12-6-8-15-9-7-12/h6-9,11,13-14H,4-5,10H2,1-3H3. The molecule has 0 aliphatic rings. The summed E-state index contributed by atoms with van der Waals surface area (Å²) in [7, 11) is 3.78. The maximum Gasteiger partial charge on any atom is 0.0543 e. The molecule has 1 N–H and O–H groups in total. The lowest BCUT2D eigenvalue weighted by Crippen LogP contribution is -2.28. The van der Waals surface area contributed by atoms with Gasteiger partial charge in [0.2, 0.25) is 0 Å². The number of hydrogen-bond donors (Lipinski definition) is 1. The Balaban J connectivity index is 2.37. The van der Waals surface area contributed by atoms with E-state index in [2.05, 4.69) is 29.4 Å². The zero-order valence-corrected chi connectivity index (χ0v) is 10.4. The van der Waals surface area contributed by atoms with Crippen LogP contribution in [-0.4, -0.2) is 31.3 Å². The first-order valence-electron chi connectivity index (χ1n) is 5.85. The molecule has 1 aromatic heterocycles. The van der Waals surface area contributed by atoms with E-state index in [0.717, 1.165) is 19.3 Å². The fourth-order valence-electron chi connectivity index (χ4n) is 1.71. The van der Waals surface area contributed by atoms with Gasteiger partial charge >= 0.3 is 0 Å². The van der Waals surface area contributed by atoms with Crippen molar-refractivity contribution in [3.63, 3.8) is 0 Å². The van der Waals surface area contributed by atoms with Crippen LogP contribution in [0.3, 0.4) is 0 Å². The van der Waals surface area contributed by atoms with Gasteiger partial charge < -0.3 is 10.1 Å². The second kappa shape index (κ2) is 7.36. The first kappa shape index (κ1) is 13.1. The molecule has 3 heteroatoms. The van der Waals surface area contributed by atoms with Crippen molar-refractivity contribution in [3.8, 4) is 0 Å². The Morgan fingerprint density at radius 2 is 2.00 bits per heavy atom. The maximum atomic E-state index is 5.26. The molecule has 0 aliphatic heterocycles. The molecule has 90 valence electrons. The third kappa shape index (κ3) is 4.73. The Labute approximate surface area is 98.2 Å². The number of methoxy groups -OCH3 is 1. The zero-order chi connectivity index (χ0) is 11.8. The first-order valence-corrected chi connectivity index (χ1v) is 5.85. The van der Waals surface area contributed by atoms with Gasteiger partial charge in [0, 0.05) is 25.5 Å². The smallest absolute Gasteiger partial charge is 0.0543 e. The Hall–Kier alpha value is -0.930. The third-order valence-electron chi connectivity index (χ3n) is 2.96. The minimum Gasteiger partial charge on any atom is -0.382 e. The minimum absolute atomic E-state index is 0.341. The lowest BCUT2D eigenvalue weighted by Gasteiger charge is -2.18. The predicted octanol–water partition coefficient (Wildman–Crippen LogP) is 2.03. The van der Waals surface area contributed by atoms with Gasteiger partial charge in [-0.25, -0.2) is 0 Å². The van der Waals surface area contributed by atoms with Gasteiger partial charge in [-0.3, -0.25) is 4.98 Å². The highest BCUT2D eigenvalue weighted by Crippen LogP contribution is 2.09. The van der Waals surface area contributed by atoms with Crippen LogP contribution >= 0.6 is 0 Å². The molecule has 2 atom stereocenters. The molecule has 2 unspecified atom stereocenters. The van der Waals surface area contributed by atoms with E-state index in [1.165, 1.54) is 5.56 Å². The van der Waals surface area contributed by atoms with E-state index < -0.39 is 0 Å². The van der Waals surface area contributed by atoms with Gasteiger partial charge in [-0.1, -0.05) is 0 Å². The van der Waals surface area contributed by atoms with E-state index >= 15 is 0 Å². The predicted molar refractivity (Wildman–Crippen MR) is 66.5 cm³/mol. The number of likely N-dealkylation sites (N-methyl/N-ethyl adjacent to an activating group) is 1.